The van der Waals surface area contributed by atoms with E-state index in [1.807, 2.05) is 17.5 Å². The van der Waals surface area contributed by atoms with E-state index in [4.69, 9.17) is 16.3 Å². The number of anilines is 2. The molecule has 23 heavy (non-hydrogen) atoms. The second-order valence-corrected chi connectivity index (χ2v) is 6.28. The SMILES string of the molecule is O=C(NCC1CN(c2cccs2)C(=O)O1)Nc1cccc(Cl)c1. The number of ether oxygens (including phenoxy) is 1. The maximum Gasteiger partial charge on any atom is 0.415 e. The van der Waals surface area contributed by atoms with E-state index in [0.717, 1.165) is 5.00 Å². The van der Waals surface area contributed by atoms with Crippen molar-refractivity contribution in [2.24, 2.45) is 0 Å². The van der Waals surface area contributed by atoms with Crippen LogP contribution in [0.4, 0.5) is 20.3 Å². The smallest absolute Gasteiger partial charge is 0.415 e. The Morgan fingerprint density at radius 1 is 1.39 bits per heavy atom. The molecule has 0 bridgehead atoms. The average Bonchev–Trinajstić information content (AvgIpc) is 3.14. The van der Waals surface area contributed by atoms with Crippen LogP contribution < -0.4 is 15.5 Å². The minimum absolute atomic E-state index is 0.236. The number of cyclic esters (lactones) is 1. The van der Waals surface area contributed by atoms with Crippen LogP contribution in [-0.4, -0.2) is 31.3 Å². The molecule has 2 N–H and O–H groups in total. The largest absolute Gasteiger partial charge is 0.442 e. The topological polar surface area (TPSA) is 70.7 Å². The Labute approximate surface area is 142 Å². The summed E-state index contributed by atoms with van der Waals surface area (Å²) in [6, 6.07) is 10.2. The minimum atomic E-state index is -0.394. The van der Waals surface area contributed by atoms with Gasteiger partial charge in [0.25, 0.3) is 0 Å². The van der Waals surface area contributed by atoms with E-state index in [2.05, 4.69) is 10.6 Å². The fraction of sp³-hybridized carbons (Fsp3) is 0.200. The van der Waals surface area contributed by atoms with E-state index in [9.17, 15) is 9.59 Å². The number of amides is 3. The number of nitrogens with zero attached hydrogens (tertiary/aromatic N) is 1. The van der Waals surface area contributed by atoms with Gasteiger partial charge in [-0.1, -0.05) is 17.7 Å². The minimum Gasteiger partial charge on any atom is -0.442 e. The van der Waals surface area contributed by atoms with Crippen LogP contribution in [0.1, 0.15) is 0 Å². The first kappa shape index (κ1) is 15.6. The van der Waals surface area contributed by atoms with E-state index in [1.54, 1.807) is 29.2 Å². The fourth-order valence-electron chi connectivity index (χ4n) is 2.18. The summed E-state index contributed by atoms with van der Waals surface area (Å²) in [6.45, 7) is 0.650. The molecule has 1 aliphatic heterocycles. The molecule has 1 aromatic carbocycles. The van der Waals surface area contributed by atoms with Crippen LogP contribution in [0.2, 0.25) is 5.02 Å². The highest BCUT2D eigenvalue weighted by Crippen LogP contribution is 2.26. The molecule has 1 atom stereocenters. The molecule has 8 heteroatoms. The second-order valence-electron chi connectivity index (χ2n) is 4.91. The van der Waals surface area contributed by atoms with Gasteiger partial charge in [0.2, 0.25) is 0 Å². The predicted octanol–water partition coefficient (Wildman–Crippen LogP) is 3.55. The Morgan fingerprint density at radius 2 is 2.26 bits per heavy atom. The van der Waals surface area contributed by atoms with Crippen molar-refractivity contribution in [3.8, 4) is 0 Å². The van der Waals surface area contributed by atoms with Gasteiger partial charge < -0.3 is 15.4 Å². The number of thiophene rings is 1. The number of urea groups is 1. The van der Waals surface area contributed by atoms with E-state index in [1.165, 1.54) is 11.3 Å². The number of carbonyl (C=O) groups is 2. The lowest BCUT2D eigenvalue weighted by Crippen LogP contribution is -2.37. The van der Waals surface area contributed by atoms with Crippen molar-refractivity contribution in [2.45, 2.75) is 6.10 Å². The van der Waals surface area contributed by atoms with Gasteiger partial charge in [0.1, 0.15) is 11.1 Å². The van der Waals surface area contributed by atoms with Gasteiger partial charge in [-0.25, -0.2) is 9.59 Å². The summed E-state index contributed by atoms with van der Waals surface area (Å²) in [7, 11) is 0. The summed E-state index contributed by atoms with van der Waals surface area (Å²) in [6.07, 6.45) is -0.774. The quantitative estimate of drug-likeness (QED) is 0.885. The molecule has 3 amide bonds. The number of halogens is 1. The molecule has 2 heterocycles. The summed E-state index contributed by atoms with van der Waals surface area (Å²) in [5, 5.41) is 8.63. The number of hydrogen-bond donors (Lipinski definition) is 2. The lowest BCUT2D eigenvalue weighted by atomic mass is 10.3. The highest BCUT2D eigenvalue weighted by Gasteiger charge is 2.32. The van der Waals surface area contributed by atoms with Gasteiger partial charge in [0.05, 0.1) is 13.1 Å². The van der Waals surface area contributed by atoms with Gasteiger partial charge in [-0.3, -0.25) is 4.90 Å². The third kappa shape index (κ3) is 3.94. The summed E-state index contributed by atoms with van der Waals surface area (Å²) in [4.78, 5) is 25.2. The van der Waals surface area contributed by atoms with Crippen LogP contribution in [0.15, 0.2) is 41.8 Å². The second kappa shape index (κ2) is 6.89. The molecule has 0 spiro atoms. The first-order chi connectivity index (χ1) is 11.1. The zero-order valence-electron chi connectivity index (χ0n) is 12.0. The monoisotopic (exact) mass is 351 g/mol. The Bertz CT molecular complexity index is 708. The van der Waals surface area contributed by atoms with Crippen LogP contribution in [0.5, 0.6) is 0 Å². The predicted molar refractivity (Wildman–Crippen MR) is 90.4 cm³/mol. The Balaban J connectivity index is 1.49. The molecule has 120 valence electrons. The van der Waals surface area contributed by atoms with Crippen molar-refractivity contribution in [2.75, 3.05) is 23.3 Å². The molecule has 1 aliphatic rings. The van der Waals surface area contributed by atoms with E-state index in [0.29, 0.717) is 17.3 Å². The first-order valence-corrected chi connectivity index (χ1v) is 8.19. The highest BCUT2D eigenvalue weighted by molar-refractivity contribution is 7.14. The Morgan fingerprint density at radius 3 is 3.00 bits per heavy atom. The molecule has 1 fully saturated rings. The van der Waals surface area contributed by atoms with Gasteiger partial charge in [-0.05, 0) is 35.7 Å². The first-order valence-electron chi connectivity index (χ1n) is 6.94. The fourth-order valence-corrected chi connectivity index (χ4v) is 3.10. The van der Waals surface area contributed by atoms with Crippen LogP contribution in [0, 0.1) is 0 Å². The molecular formula is C15H14ClN3O3S. The zero-order chi connectivity index (χ0) is 16.2. The van der Waals surface area contributed by atoms with Gasteiger partial charge in [0.15, 0.2) is 0 Å². The van der Waals surface area contributed by atoms with Crippen molar-refractivity contribution < 1.29 is 14.3 Å². The summed E-state index contributed by atoms with van der Waals surface area (Å²) < 4.78 is 5.25. The normalized spacial score (nSPS) is 17.0. The lowest BCUT2D eigenvalue weighted by molar-refractivity contribution is 0.141. The maximum absolute atomic E-state index is 11.9. The molecule has 1 unspecified atom stereocenters. The van der Waals surface area contributed by atoms with Crippen molar-refractivity contribution in [3.05, 3.63) is 46.8 Å². The van der Waals surface area contributed by atoms with Crippen molar-refractivity contribution >= 4 is 45.8 Å². The molecule has 3 rings (SSSR count). The number of hydrogen-bond acceptors (Lipinski definition) is 4. The summed E-state index contributed by atoms with van der Waals surface area (Å²) in [5.74, 6) is 0. The molecule has 2 aromatic rings. The van der Waals surface area contributed by atoms with E-state index >= 15 is 0 Å². The van der Waals surface area contributed by atoms with E-state index in [-0.39, 0.29) is 18.7 Å². The number of nitrogens with one attached hydrogen (secondary N) is 2. The summed E-state index contributed by atoms with van der Waals surface area (Å²) in [5.41, 5.74) is 0.596. The lowest BCUT2D eigenvalue weighted by Gasteiger charge is -2.11. The number of carbonyl (C=O) groups excluding carboxylic acids is 2. The van der Waals surface area contributed by atoms with E-state index < -0.39 is 6.09 Å². The van der Waals surface area contributed by atoms with Crippen LogP contribution >= 0.6 is 22.9 Å². The molecule has 0 aliphatic carbocycles. The highest BCUT2D eigenvalue weighted by atomic mass is 35.5. The van der Waals surface area contributed by atoms with Crippen molar-refractivity contribution in [1.82, 2.24) is 5.32 Å². The molecular weight excluding hydrogens is 338 g/mol. The average molecular weight is 352 g/mol. The molecule has 1 aromatic heterocycles. The molecule has 1 saturated heterocycles. The zero-order valence-corrected chi connectivity index (χ0v) is 13.6. The number of benzene rings is 1. The van der Waals surface area contributed by atoms with Crippen LogP contribution in [0.3, 0.4) is 0 Å². The van der Waals surface area contributed by atoms with Crippen molar-refractivity contribution in [1.29, 1.82) is 0 Å². The van der Waals surface area contributed by atoms with Gasteiger partial charge in [-0.2, -0.15) is 0 Å². The molecule has 0 radical (unpaired) electrons. The number of rotatable bonds is 4. The third-order valence-electron chi connectivity index (χ3n) is 3.22. The molecule has 6 nitrogen and oxygen atoms in total. The van der Waals surface area contributed by atoms with Crippen LogP contribution in [-0.2, 0) is 4.74 Å². The maximum atomic E-state index is 11.9. The summed E-state index contributed by atoms with van der Waals surface area (Å²) >= 11 is 7.32. The van der Waals surface area contributed by atoms with Gasteiger partial charge >= 0.3 is 12.1 Å². The third-order valence-corrected chi connectivity index (χ3v) is 4.35. The Kier molecular flexibility index (Phi) is 4.68. The van der Waals surface area contributed by atoms with Crippen molar-refractivity contribution in [3.63, 3.8) is 0 Å². The van der Waals surface area contributed by atoms with Crippen LogP contribution in [0.25, 0.3) is 0 Å². The molecule has 0 saturated carbocycles. The standard InChI is InChI=1S/C15H14ClN3O3S/c16-10-3-1-4-11(7-10)18-14(20)17-8-12-9-19(15(21)22-12)13-5-2-6-23-13/h1-7,12H,8-9H2,(H2,17,18,20). The van der Waals surface area contributed by atoms with Gasteiger partial charge in [-0.15, -0.1) is 11.3 Å². The Hall–Kier alpha value is -2.25. The van der Waals surface area contributed by atoms with Gasteiger partial charge in [0, 0.05) is 10.7 Å².